The molecule has 3 nitrogen and oxygen atoms in total. The van der Waals surface area contributed by atoms with Crippen molar-refractivity contribution in [3.63, 3.8) is 0 Å². The molecule has 1 heterocycles. The van der Waals surface area contributed by atoms with Gasteiger partial charge in [-0.05, 0) is 31.9 Å². The van der Waals surface area contributed by atoms with Gasteiger partial charge in [0.15, 0.2) is 0 Å². The van der Waals surface area contributed by atoms with Crippen LogP contribution in [0.5, 0.6) is 0 Å². The minimum absolute atomic E-state index is 0.0996. The van der Waals surface area contributed by atoms with E-state index in [4.69, 9.17) is 16.3 Å². The zero-order valence-electron chi connectivity index (χ0n) is 12.5. The third-order valence-electron chi connectivity index (χ3n) is 3.46. The summed E-state index contributed by atoms with van der Waals surface area (Å²) < 4.78 is 7.88. The van der Waals surface area contributed by atoms with Crippen LogP contribution >= 0.6 is 11.6 Å². The monoisotopic (exact) mass is 294 g/mol. The Kier molecular flexibility index (Phi) is 5.44. The molecule has 0 fully saturated rings. The van der Waals surface area contributed by atoms with Gasteiger partial charge in [-0.1, -0.05) is 25.5 Å². The molecule has 0 N–H and O–H groups in total. The second kappa shape index (κ2) is 7.09. The summed E-state index contributed by atoms with van der Waals surface area (Å²) in [6.07, 6.45) is 2.28. The highest BCUT2D eigenvalue weighted by Gasteiger charge is 2.15. The summed E-state index contributed by atoms with van der Waals surface area (Å²) in [5.41, 5.74) is 3.42. The van der Waals surface area contributed by atoms with Crippen molar-refractivity contribution in [3.05, 3.63) is 29.6 Å². The van der Waals surface area contributed by atoms with Gasteiger partial charge >= 0.3 is 0 Å². The van der Waals surface area contributed by atoms with Crippen molar-refractivity contribution in [2.75, 3.05) is 13.2 Å². The maximum atomic E-state index is 6.27. The molecular weight excluding hydrogens is 272 g/mol. The number of rotatable bonds is 7. The van der Waals surface area contributed by atoms with E-state index in [9.17, 15) is 0 Å². The molecule has 1 atom stereocenters. The summed E-state index contributed by atoms with van der Waals surface area (Å²) in [6.45, 7) is 8.58. The number of unbranched alkanes of at least 4 members (excludes halogenated alkanes) is 1. The van der Waals surface area contributed by atoms with Crippen molar-refractivity contribution in [2.24, 2.45) is 0 Å². The van der Waals surface area contributed by atoms with Gasteiger partial charge in [-0.2, -0.15) is 0 Å². The van der Waals surface area contributed by atoms with E-state index in [0.717, 1.165) is 37.3 Å². The average Bonchev–Trinajstić information content (AvgIpc) is 2.79. The van der Waals surface area contributed by atoms with Crippen LogP contribution in [0.15, 0.2) is 18.2 Å². The second-order valence-corrected chi connectivity index (χ2v) is 5.80. The predicted octanol–water partition coefficient (Wildman–Crippen LogP) is 4.46. The van der Waals surface area contributed by atoms with E-state index in [-0.39, 0.29) is 5.38 Å². The van der Waals surface area contributed by atoms with Gasteiger partial charge in [-0.3, -0.25) is 0 Å². The topological polar surface area (TPSA) is 27.1 Å². The largest absolute Gasteiger partial charge is 0.380 e. The molecule has 0 saturated carbocycles. The normalized spacial score (nSPS) is 13.0. The fraction of sp³-hybridized carbons (Fsp3) is 0.562. The first kappa shape index (κ1) is 15.3. The molecule has 0 spiro atoms. The first-order valence-electron chi connectivity index (χ1n) is 7.32. The molecule has 0 aliphatic carbocycles. The van der Waals surface area contributed by atoms with Crippen LogP contribution in [0.25, 0.3) is 11.0 Å². The van der Waals surface area contributed by atoms with Gasteiger partial charge < -0.3 is 9.30 Å². The Hall–Kier alpha value is -1.06. The van der Waals surface area contributed by atoms with Gasteiger partial charge in [0.05, 0.1) is 23.0 Å². The summed E-state index contributed by atoms with van der Waals surface area (Å²) in [5.74, 6) is 0.926. The van der Waals surface area contributed by atoms with Crippen molar-refractivity contribution in [1.29, 1.82) is 0 Å². The van der Waals surface area contributed by atoms with Crippen LogP contribution < -0.4 is 0 Å². The fourth-order valence-electron chi connectivity index (χ4n) is 2.42. The zero-order valence-corrected chi connectivity index (χ0v) is 13.3. The number of imidazole rings is 1. The number of aryl methyl sites for hydroxylation is 1. The van der Waals surface area contributed by atoms with Crippen LogP contribution in [0.3, 0.4) is 0 Å². The molecule has 1 aromatic carbocycles. The molecule has 0 aliphatic heterocycles. The minimum Gasteiger partial charge on any atom is -0.380 e. The fourth-order valence-corrected chi connectivity index (χ4v) is 2.58. The second-order valence-electron chi connectivity index (χ2n) is 5.15. The van der Waals surface area contributed by atoms with Crippen LogP contribution in [0, 0.1) is 6.92 Å². The maximum absolute atomic E-state index is 6.27. The Balaban J connectivity index is 2.22. The Labute approximate surface area is 125 Å². The highest BCUT2D eigenvalue weighted by atomic mass is 35.5. The number of ether oxygens (including phenoxy) is 1. The summed E-state index contributed by atoms with van der Waals surface area (Å²) >= 11 is 6.27. The lowest BCUT2D eigenvalue weighted by Crippen LogP contribution is -2.11. The van der Waals surface area contributed by atoms with Crippen LogP contribution in [0.2, 0.25) is 0 Å². The number of para-hydroxylation sites is 1. The first-order valence-corrected chi connectivity index (χ1v) is 7.76. The summed E-state index contributed by atoms with van der Waals surface area (Å²) in [6, 6.07) is 6.19. The zero-order chi connectivity index (χ0) is 14.5. The Morgan fingerprint density at radius 1 is 1.35 bits per heavy atom. The molecule has 20 heavy (non-hydrogen) atoms. The van der Waals surface area contributed by atoms with Gasteiger partial charge in [0.2, 0.25) is 0 Å². The van der Waals surface area contributed by atoms with E-state index < -0.39 is 0 Å². The number of halogens is 1. The van der Waals surface area contributed by atoms with Crippen LogP contribution in [0.1, 0.15) is 43.5 Å². The van der Waals surface area contributed by atoms with Crippen molar-refractivity contribution in [3.8, 4) is 0 Å². The smallest absolute Gasteiger partial charge is 0.127 e. The molecule has 110 valence electrons. The lowest BCUT2D eigenvalue weighted by Gasteiger charge is -2.12. The lowest BCUT2D eigenvalue weighted by atomic mass is 10.2. The van der Waals surface area contributed by atoms with E-state index in [1.807, 2.05) is 19.1 Å². The number of benzene rings is 1. The molecule has 0 amide bonds. The van der Waals surface area contributed by atoms with E-state index in [0.29, 0.717) is 6.61 Å². The standard InChI is InChI=1S/C16H23ClN2O/c1-4-5-10-20-11-9-19-15-12(2)7-6-8-14(15)18-16(19)13(3)17/h6-8,13H,4-5,9-11H2,1-3H3. The molecule has 0 saturated heterocycles. The third-order valence-corrected chi connectivity index (χ3v) is 3.65. The van der Waals surface area contributed by atoms with Gasteiger partial charge in [0.1, 0.15) is 5.82 Å². The molecule has 2 rings (SSSR count). The Morgan fingerprint density at radius 2 is 2.15 bits per heavy atom. The predicted molar refractivity (Wildman–Crippen MR) is 84.5 cm³/mol. The lowest BCUT2D eigenvalue weighted by molar-refractivity contribution is 0.123. The van der Waals surface area contributed by atoms with Crippen LogP contribution in [0.4, 0.5) is 0 Å². The molecule has 1 unspecified atom stereocenters. The number of hydrogen-bond acceptors (Lipinski definition) is 2. The van der Waals surface area contributed by atoms with Gasteiger partial charge in [-0.15, -0.1) is 11.6 Å². The van der Waals surface area contributed by atoms with Crippen LogP contribution in [-0.4, -0.2) is 22.8 Å². The Morgan fingerprint density at radius 3 is 2.85 bits per heavy atom. The molecule has 0 aliphatic rings. The van der Waals surface area contributed by atoms with E-state index in [2.05, 4.69) is 29.5 Å². The molecule has 0 radical (unpaired) electrons. The number of hydrogen-bond donors (Lipinski definition) is 0. The van der Waals surface area contributed by atoms with Crippen LogP contribution in [-0.2, 0) is 11.3 Å². The molecule has 1 aromatic heterocycles. The third kappa shape index (κ3) is 3.33. The number of alkyl halides is 1. The molecule has 2 aromatic rings. The number of aromatic nitrogens is 2. The SMILES string of the molecule is CCCCOCCn1c(C(C)Cl)nc2cccc(C)c21. The highest BCUT2D eigenvalue weighted by molar-refractivity contribution is 6.20. The maximum Gasteiger partial charge on any atom is 0.127 e. The summed E-state index contributed by atoms with van der Waals surface area (Å²) in [5, 5.41) is -0.0996. The highest BCUT2D eigenvalue weighted by Crippen LogP contribution is 2.26. The van der Waals surface area contributed by atoms with Gasteiger partial charge in [0.25, 0.3) is 0 Å². The molecule has 0 bridgehead atoms. The first-order chi connectivity index (χ1) is 9.65. The summed E-state index contributed by atoms with van der Waals surface area (Å²) in [4.78, 5) is 4.66. The molecule has 4 heteroatoms. The molecular formula is C16H23ClN2O. The average molecular weight is 295 g/mol. The van der Waals surface area contributed by atoms with E-state index in [1.54, 1.807) is 0 Å². The van der Waals surface area contributed by atoms with Gasteiger partial charge in [0, 0.05) is 13.2 Å². The summed E-state index contributed by atoms with van der Waals surface area (Å²) in [7, 11) is 0. The quantitative estimate of drug-likeness (QED) is 0.557. The van der Waals surface area contributed by atoms with Crippen molar-refractivity contribution in [1.82, 2.24) is 9.55 Å². The number of nitrogens with zero attached hydrogens (tertiary/aromatic N) is 2. The minimum atomic E-state index is -0.0996. The van der Waals surface area contributed by atoms with E-state index >= 15 is 0 Å². The number of fused-ring (bicyclic) bond motifs is 1. The van der Waals surface area contributed by atoms with Crippen molar-refractivity contribution in [2.45, 2.75) is 45.5 Å². The van der Waals surface area contributed by atoms with E-state index in [1.165, 1.54) is 11.1 Å². The Bertz CT molecular complexity index is 563. The van der Waals surface area contributed by atoms with Gasteiger partial charge in [-0.25, -0.2) is 4.98 Å². The van der Waals surface area contributed by atoms with Crippen molar-refractivity contribution >= 4 is 22.6 Å². The van der Waals surface area contributed by atoms with Crippen molar-refractivity contribution < 1.29 is 4.74 Å².